The molecule has 1 fully saturated rings. The molecule has 1 aliphatic rings. The van der Waals surface area contributed by atoms with E-state index in [1.165, 1.54) is 12.1 Å². The van der Waals surface area contributed by atoms with Gasteiger partial charge in [0.25, 0.3) is 10.1 Å². The predicted molar refractivity (Wildman–Crippen MR) is 94.7 cm³/mol. The minimum absolute atomic E-state index is 0.0493. The summed E-state index contributed by atoms with van der Waals surface area (Å²) >= 11 is 0. The maximum absolute atomic E-state index is 12.6. The second-order valence-corrected chi connectivity index (χ2v) is 7.98. The van der Waals surface area contributed by atoms with E-state index in [0.717, 1.165) is 37.8 Å². The molecule has 1 saturated heterocycles. The highest BCUT2D eigenvalue weighted by Gasteiger charge is 2.36. The van der Waals surface area contributed by atoms with Gasteiger partial charge in [-0.15, -0.1) is 0 Å². The SMILES string of the molecule is CCCCOC(=O)C(OS(=O)(=O)c1ccc(C)cc1)C1CCCNC1. The number of aryl methyl sites for hydroxylation is 1. The highest BCUT2D eigenvalue weighted by Crippen LogP contribution is 2.23. The first-order valence-electron chi connectivity index (χ1n) is 8.81. The number of carbonyl (C=O) groups excluding carboxylic acids is 1. The number of benzene rings is 1. The number of rotatable bonds is 8. The van der Waals surface area contributed by atoms with Crippen molar-refractivity contribution in [2.75, 3.05) is 19.7 Å². The molecule has 0 spiro atoms. The van der Waals surface area contributed by atoms with E-state index in [1.807, 2.05) is 13.8 Å². The fourth-order valence-electron chi connectivity index (χ4n) is 2.74. The van der Waals surface area contributed by atoms with Gasteiger partial charge in [0.1, 0.15) is 0 Å². The van der Waals surface area contributed by atoms with E-state index in [0.29, 0.717) is 6.54 Å². The Morgan fingerprint density at radius 1 is 1.32 bits per heavy atom. The minimum Gasteiger partial charge on any atom is -0.464 e. The van der Waals surface area contributed by atoms with Crippen molar-refractivity contribution in [3.63, 3.8) is 0 Å². The third-order valence-electron chi connectivity index (χ3n) is 4.28. The number of nitrogens with one attached hydrogen (secondary N) is 1. The lowest BCUT2D eigenvalue weighted by atomic mass is 9.94. The summed E-state index contributed by atoms with van der Waals surface area (Å²) in [6.07, 6.45) is 2.12. The van der Waals surface area contributed by atoms with Gasteiger partial charge in [0.05, 0.1) is 11.5 Å². The molecule has 2 rings (SSSR count). The zero-order valence-electron chi connectivity index (χ0n) is 14.9. The Morgan fingerprint density at radius 2 is 2.04 bits per heavy atom. The average molecular weight is 369 g/mol. The van der Waals surface area contributed by atoms with Crippen LogP contribution in [-0.4, -0.2) is 40.2 Å². The van der Waals surface area contributed by atoms with Crippen molar-refractivity contribution in [2.45, 2.75) is 50.5 Å². The Morgan fingerprint density at radius 3 is 2.64 bits per heavy atom. The molecule has 7 heteroatoms. The van der Waals surface area contributed by atoms with Crippen LogP contribution in [0.4, 0.5) is 0 Å². The van der Waals surface area contributed by atoms with Crippen LogP contribution in [0.25, 0.3) is 0 Å². The van der Waals surface area contributed by atoms with Crippen LogP contribution < -0.4 is 5.32 Å². The fraction of sp³-hybridized carbons (Fsp3) is 0.611. The summed E-state index contributed by atoms with van der Waals surface area (Å²) in [5, 5.41) is 3.19. The molecule has 2 unspecified atom stereocenters. The smallest absolute Gasteiger partial charge is 0.337 e. The van der Waals surface area contributed by atoms with Crippen molar-refractivity contribution in [3.05, 3.63) is 29.8 Å². The fourth-order valence-corrected chi connectivity index (χ4v) is 3.83. The van der Waals surface area contributed by atoms with Crippen LogP contribution in [-0.2, 0) is 23.8 Å². The molecule has 1 aromatic rings. The van der Waals surface area contributed by atoms with Gasteiger partial charge in [0.2, 0.25) is 0 Å². The van der Waals surface area contributed by atoms with E-state index >= 15 is 0 Å². The zero-order valence-corrected chi connectivity index (χ0v) is 15.7. The van der Waals surface area contributed by atoms with Gasteiger partial charge in [0, 0.05) is 12.5 Å². The second kappa shape index (κ2) is 9.31. The van der Waals surface area contributed by atoms with E-state index in [2.05, 4.69) is 5.32 Å². The summed E-state index contributed by atoms with van der Waals surface area (Å²) < 4.78 is 35.8. The Labute approximate surface area is 150 Å². The lowest BCUT2D eigenvalue weighted by Gasteiger charge is -2.28. The van der Waals surface area contributed by atoms with Gasteiger partial charge in [-0.2, -0.15) is 8.42 Å². The standard InChI is InChI=1S/C18H27NO5S/c1-3-4-12-23-18(20)17(15-6-5-11-19-13-15)24-25(21,22)16-9-7-14(2)8-10-16/h7-10,15,17,19H,3-6,11-13H2,1-2H3. The van der Waals surface area contributed by atoms with Crippen molar-refractivity contribution >= 4 is 16.1 Å². The van der Waals surface area contributed by atoms with Crippen LogP contribution in [0.15, 0.2) is 29.2 Å². The van der Waals surface area contributed by atoms with Crippen molar-refractivity contribution in [3.8, 4) is 0 Å². The summed E-state index contributed by atoms with van der Waals surface area (Å²) in [4.78, 5) is 12.5. The van der Waals surface area contributed by atoms with E-state index in [9.17, 15) is 13.2 Å². The van der Waals surface area contributed by atoms with Crippen LogP contribution >= 0.6 is 0 Å². The van der Waals surface area contributed by atoms with E-state index in [4.69, 9.17) is 8.92 Å². The molecule has 2 atom stereocenters. The van der Waals surface area contributed by atoms with Crippen LogP contribution in [0.3, 0.4) is 0 Å². The molecule has 0 saturated carbocycles. The predicted octanol–water partition coefficient (Wildman–Crippen LogP) is 2.41. The normalized spacial score (nSPS) is 19.4. The van der Waals surface area contributed by atoms with Gasteiger partial charge in [-0.1, -0.05) is 31.0 Å². The maximum Gasteiger partial charge on any atom is 0.337 e. The van der Waals surface area contributed by atoms with Crippen molar-refractivity contribution in [2.24, 2.45) is 5.92 Å². The molecule has 6 nitrogen and oxygen atoms in total. The Kier molecular flexibility index (Phi) is 7.40. The first-order chi connectivity index (χ1) is 11.9. The largest absolute Gasteiger partial charge is 0.464 e. The molecule has 140 valence electrons. The van der Waals surface area contributed by atoms with Gasteiger partial charge >= 0.3 is 5.97 Å². The van der Waals surface area contributed by atoms with Crippen LogP contribution in [0.2, 0.25) is 0 Å². The molecular formula is C18H27NO5S. The molecule has 1 heterocycles. The molecule has 1 aromatic carbocycles. The summed E-state index contributed by atoms with van der Waals surface area (Å²) in [5.41, 5.74) is 0.950. The Bertz CT molecular complexity index is 651. The second-order valence-electron chi connectivity index (χ2n) is 6.41. The number of carbonyl (C=O) groups is 1. The molecule has 0 aliphatic carbocycles. The van der Waals surface area contributed by atoms with Crippen molar-refractivity contribution in [1.29, 1.82) is 0 Å². The van der Waals surface area contributed by atoms with E-state index in [-0.39, 0.29) is 17.4 Å². The van der Waals surface area contributed by atoms with E-state index < -0.39 is 22.2 Å². The van der Waals surface area contributed by atoms with Gasteiger partial charge in [-0.3, -0.25) is 4.18 Å². The van der Waals surface area contributed by atoms with Gasteiger partial charge < -0.3 is 10.1 Å². The third-order valence-corrected chi connectivity index (χ3v) is 5.59. The lowest BCUT2D eigenvalue weighted by molar-refractivity contribution is -0.155. The highest BCUT2D eigenvalue weighted by atomic mass is 32.2. The third kappa shape index (κ3) is 5.80. The van der Waals surface area contributed by atoms with Crippen molar-refractivity contribution in [1.82, 2.24) is 5.32 Å². The average Bonchev–Trinajstić information content (AvgIpc) is 2.61. The number of hydrogen-bond acceptors (Lipinski definition) is 6. The topological polar surface area (TPSA) is 81.7 Å². The number of hydrogen-bond donors (Lipinski definition) is 1. The first kappa shape index (κ1) is 19.9. The Balaban J connectivity index is 2.15. The Hall–Kier alpha value is -1.44. The molecule has 0 aromatic heterocycles. The van der Waals surface area contributed by atoms with Crippen LogP contribution in [0.1, 0.15) is 38.2 Å². The minimum atomic E-state index is -4.03. The monoisotopic (exact) mass is 369 g/mol. The maximum atomic E-state index is 12.6. The van der Waals surface area contributed by atoms with Gasteiger partial charge in [-0.25, -0.2) is 4.79 Å². The molecule has 0 amide bonds. The molecule has 1 N–H and O–H groups in total. The molecule has 25 heavy (non-hydrogen) atoms. The first-order valence-corrected chi connectivity index (χ1v) is 10.2. The molecular weight excluding hydrogens is 342 g/mol. The molecule has 1 aliphatic heterocycles. The van der Waals surface area contributed by atoms with Crippen molar-refractivity contribution < 1.29 is 22.1 Å². The van der Waals surface area contributed by atoms with Gasteiger partial charge in [0.15, 0.2) is 6.10 Å². The highest BCUT2D eigenvalue weighted by molar-refractivity contribution is 7.86. The number of ether oxygens (including phenoxy) is 1. The lowest BCUT2D eigenvalue weighted by Crippen LogP contribution is -2.43. The number of esters is 1. The van der Waals surface area contributed by atoms with E-state index in [1.54, 1.807) is 12.1 Å². The molecule has 0 bridgehead atoms. The van der Waals surface area contributed by atoms with Crippen LogP contribution in [0, 0.1) is 12.8 Å². The molecule has 0 radical (unpaired) electrons. The van der Waals surface area contributed by atoms with Crippen LogP contribution in [0.5, 0.6) is 0 Å². The summed E-state index contributed by atoms with van der Waals surface area (Å²) in [7, 11) is -4.03. The summed E-state index contributed by atoms with van der Waals surface area (Å²) in [6.45, 7) is 5.54. The summed E-state index contributed by atoms with van der Waals surface area (Å²) in [5.74, 6) is -0.819. The summed E-state index contributed by atoms with van der Waals surface area (Å²) in [6, 6.07) is 6.38. The number of unbranched alkanes of at least 4 members (excludes halogenated alkanes) is 1. The quantitative estimate of drug-likeness (QED) is 0.430. The number of piperidine rings is 1. The van der Waals surface area contributed by atoms with Gasteiger partial charge in [-0.05, 0) is 44.9 Å². The zero-order chi connectivity index (χ0) is 18.3.